The summed E-state index contributed by atoms with van der Waals surface area (Å²) < 4.78 is 52.0. The number of ketones is 1. The van der Waals surface area contributed by atoms with Crippen molar-refractivity contribution in [2.75, 3.05) is 23.8 Å². The van der Waals surface area contributed by atoms with E-state index >= 15 is 0 Å². The number of halogens is 1. The molecule has 3 aromatic heterocycles. The first kappa shape index (κ1) is 25.7. The predicted molar refractivity (Wildman–Crippen MR) is 144 cm³/mol. The number of benzene rings is 2. The first-order chi connectivity index (χ1) is 18.5. The van der Waals surface area contributed by atoms with Gasteiger partial charge in [-0.1, -0.05) is 12.1 Å². The number of nitrogens with one attached hydrogen (secondary N) is 2. The van der Waals surface area contributed by atoms with Crippen molar-refractivity contribution in [3.63, 3.8) is 0 Å². The molecule has 2 aromatic carbocycles. The number of nitrogens with zero attached hydrogens (tertiary/aromatic N) is 3. The van der Waals surface area contributed by atoms with E-state index < -0.39 is 21.6 Å². The van der Waals surface area contributed by atoms with Crippen molar-refractivity contribution in [1.82, 2.24) is 19.7 Å². The molecule has 0 saturated heterocycles. The van der Waals surface area contributed by atoms with Gasteiger partial charge in [0.2, 0.25) is 21.7 Å². The number of sulfonamides is 1. The van der Waals surface area contributed by atoms with Crippen LogP contribution < -0.4 is 19.9 Å². The lowest BCUT2D eigenvalue weighted by atomic mass is 10.1. The fraction of sp³-hybridized carbons (Fsp3) is 0.115. The number of hydrogen-bond acceptors (Lipinski definition) is 8. The van der Waals surface area contributed by atoms with Gasteiger partial charge in [-0.3, -0.25) is 9.52 Å². The Morgan fingerprint density at radius 2 is 1.90 bits per heavy atom. The first-order valence-electron chi connectivity index (χ1n) is 11.5. The lowest BCUT2D eigenvalue weighted by Gasteiger charge is -2.11. The van der Waals surface area contributed by atoms with Crippen molar-refractivity contribution in [2.24, 2.45) is 0 Å². The van der Waals surface area contributed by atoms with E-state index in [1.165, 1.54) is 36.3 Å². The van der Waals surface area contributed by atoms with Crippen LogP contribution in [0.2, 0.25) is 0 Å². The molecule has 0 spiro atoms. The van der Waals surface area contributed by atoms with Crippen molar-refractivity contribution >= 4 is 38.2 Å². The van der Waals surface area contributed by atoms with Crippen LogP contribution in [0.1, 0.15) is 21.6 Å². The molecule has 11 nitrogen and oxygen atoms in total. The highest BCUT2D eigenvalue weighted by atomic mass is 32.2. The zero-order valence-electron chi connectivity index (χ0n) is 21.0. The first-order valence-corrected chi connectivity index (χ1v) is 13.4. The van der Waals surface area contributed by atoms with Gasteiger partial charge < -0.3 is 20.2 Å². The van der Waals surface area contributed by atoms with E-state index in [1.54, 1.807) is 43.3 Å². The molecule has 0 aliphatic heterocycles. The van der Waals surface area contributed by atoms with Crippen LogP contribution in [-0.4, -0.2) is 47.3 Å². The van der Waals surface area contributed by atoms with Gasteiger partial charge in [-0.05, 0) is 42.8 Å². The molecule has 0 saturated carbocycles. The summed E-state index contributed by atoms with van der Waals surface area (Å²) in [5, 5.41) is 4.91. The zero-order chi connectivity index (χ0) is 27.9. The minimum atomic E-state index is -3.55. The van der Waals surface area contributed by atoms with E-state index in [2.05, 4.69) is 19.8 Å². The molecule has 0 unspecified atom stereocenters. The summed E-state index contributed by atoms with van der Waals surface area (Å²) in [5.74, 6) is -0.331. The highest BCUT2D eigenvalue weighted by Crippen LogP contribution is 2.32. The van der Waals surface area contributed by atoms with Crippen LogP contribution in [0.15, 0.2) is 60.9 Å². The van der Waals surface area contributed by atoms with Crippen molar-refractivity contribution in [3.05, 3.63) is 83.6 Å². The summed E-state index contributed by atoms with van der Waals surface area (Å²) in [6, 6.07) is 12.4. The number of fused-ring (bicyclic) bond motifs is 1. The van der Waals surface area contributed by atoms with Crippen LogP contribution in [-0.2, 0) is 10.0 Å². The Labute approximate surface area is 222 Å². The Hall–Kier alpha value is -4.91. The van der Waals surface area contributed by atoms with Gasteiger partial charge in [0.25, 0.3) is 0 Å². The van der Waals surface area contributed by atoms with Gasteiger partial charge in [-0.2, -0.15) is 5.10 Å². The summed E-state index contributed by atoms with van der Waals surface area (Å²) in [4.78, 5) is 20.6. The lowest BCUT2D eigenvalue weighted by molar-refractivity contribution is 0.103. The SMILES string of the molecule is COc1cc2cc(C(=O)c3cnn(-c4cnc(Oc5ccccc5F)cc4C)c3N)[nH]c2cc1NS(C)(=O)=O. The summed E-state index contributed by atoms with van der Waals surface area (Å²) >= 11 is 0. The third-order valence-corrected chi connectivity index (χ3v) is 6.46. The number of hydrogen-bond donors (Lipinski definition) is 3. The van der Waals surface area contributed by atoms with Gasteiger partial charge >= 0.3 is 0 Å². The number of para-hydroxylation sites is 1. The third-order valence-electron chi connectivity index (χ3n) is 5.87. The standard InChI is InChI=1S/C26H23FN6O5S/c1-14-8-24(38-22-7-5-4-6-17(22)27)29-13-21(14)33-26(28)16(12-30-33)25(34)20-9-15-10-23(37-2)19(11-18(15)31-20)32-39(3,35)36/h4-13,31-32H,28H2,1-3H3. The minimum absolute atomic E-state index is 0.0406. The number of ether oxygens (including phenoxy) is 2. The number of carbonyl (C=O) groups excluding carboxylic acids is 1. The van der Waals surface area contributed by atoms with E-state index in [0.29, 0.717) is 27.9 Å². The van der Waals surface area contributed by atoms with E-state index in [1.807, 2.05) is 0 Å². The fourth-order valence-electron chi connectivity index (χ4n) is 4.04. The summed E-state index contributed by atoms with van der Waals surface area (Å²) in [6.45, 7) is 1.78. The van der Waals surface area contributed by atoms with E-state index in [-0.39, 0.29) is 34.4 Å². The van der Waals surface area contributed by atoms with Crippen molar-refractivity contribution in [2.45, 2.75) is 6.92 Å². The maximum Gasteiger partial charge on any atom is 0.229 e. The number of aromatic amines is 1. The number of rotatable bonds is 8. The highest BCUT2D eigenvalue weighted by molar-refractivity contribution is 7.92. The Balaban J connectivity index is 1.44. The number of nitrogen functional groups attached to an aromatic ring is 1. The Morgan fingerprint density at radius 3 is 2.59 bits per heavy atom. The molecule has 0 radical (unpaired) electrons. The maximum absolute atomic E-state index is 13.9. The number of anilines is 2. The number of aromatic nitrogens is 4. The van der Waals surface area contributed by atoms with Gasteiger partial charge in [0, 0.05) is 17.0 Å². The van der Waals surface area contributed by atoms with Crippen LogP contribution in [0.25, 0.3) is 16.6 Å². The molecule has 0 fully saturated rings. The molecule has 200 valence electrons. The molecule has 4 N–H and O–H groups in total. The lowest BCUT2D eigenvalue weighted by Crippen LogP contribution is -2.10. The highest BCUT2D eigenvalue weighted by Gasteiger charge is 2.22. The van der Waals surface area contributed by atoms with Gasteiger partial charge in [-0.25, -0.2) is 22.5 Å². The van der Waals surface area contributed by atoms with Crippen LogP contribution in [0, 0.1) is 12.7 Å². The Kier molecular flexibility index (Phi) is 6.44. The molecule has 13 heteroatoms. The molecule has 0 aliphatic carbocycles. The summed E-state index contributed by atoms with van der Waals surface area (Å²) in [7, 11) is -2.14. The normalized spacial score (nSPS) is 11.5. The van der Waals surface area contributed by atoms with E-state index in [4.69, 9.17) is 15.2 Å². The fourth-order valence-corrected chi connectivity index (χ4v) is 4.60. The average Bonchev–Trinajstić information content (AvgIpc) is 3.47. The molecule has 0 amide bonds. The second-order valence-electron chi connectivity index (χ2n) is 8.72. The molecule has 0 bridgehead atoms. The number of aryl methyl sites for hydroxylation is 1. The Bertz CT molecular complexity index is 1850. The second kappa shape index (κ2) is 9.76. The maximum atomic E-state index is 13.9. The Morgan fingerprint density at radius 1 is 1.13 bits per heavy atom. The number of nitrogens with two attached hydrogens (primary N) is 1. The summed E-state index contributed by atoms with van der Waals surface area (Å²) in [5.41, 5.74) is 8.61. The van der Waals surface area contributed by atoms with Crippen molar-refractivity contribution in [3.8, 4) is 23.1 Å². The molecule has 0 aliphatic rings. The van der Waals surface area contributed by atoms with Gasteiger partial charge in [0.1, 0.15) is 11.6 Å². The van der Waals surface area contributed by atoms with E-state index in [0.717, 1.165) is 6.26 Å². The van der Waals surface area contributed by atoms with Crippen molar-refractivity contribution < 1.29 is 27.1 Å². The quantitative estimate of drug-likeness (QED) is 0.243. The van der Waals surface area contributed by atoms with Gasteiger partial charge in [0.15, 0.2) is 11.6 Å². The third kappa shape index (κ3) is 5.11. The average molecular weight is 551 g/mol. The largest absolute Gasteiger partial charge is 0.495 e. The van der Waals surface area contributed by atoms with Crippen LogP contribution in [0.4, 0.5) is 15.9 Å². The smallest absolute Gasteiger partial charge is 0.229 e. The molecular weight excluding hydrogens is 527 g/mol. The van der Waals surface area contributed by atoms with Crippen LogP contribution in [0.3, 0.4) is 0 Å². The minimum Gasteiger partial charge on any atom is -0.495 e. The predicted octanol–water partition coefficient (Wildman–Crippen LogP) is 4.18. The summed E-state index contributed by atoms with van der Waals surface area (Å²) in [6.07, 6.45) is 3.85. The van der Waals surface area contributed by atoms with E-state index in [9.17, 15) is 17.6 Å². The molecule has 5 aromatic rings. The molecule has 0 atom stereocenters. The van der Waals surface area contributed by atoms with Crippen LogP contribution >= 0.6 is 0 Å². The monoisotopic (exact) mass is 550 g/mol. The van der Waals surface area contributed by atoms with Crippen molar-refractivity contribution in [1.29, 1.82) is 0 Å². The topological polar surface area (TPSA) is 154 Å². The number of H-pyrrole nitrogens is 1. The zero-order valence-corrected chi connectivity index (χ0v) is 21.8. The van der Waals surface area contributed by atoms with Gasteiger partial charge in [0.05, 0.1) is 48.4 Å². The van der Waals surface area contributed by atoms with Gasteiger partial charge in [-0.15, -0.1) is 0 Å². The number of pyridine rings is 1. The second-order valence-corrected chi connectivity index (χ2v) is 10.5. The van der Waals surface area contributed by atoms with Crippen LogP contribution in [0.5, 0.6) is 17.4 Å². The number of carbonyl (C=O) groups is 1. The molecule has 5 rings (SSSR count). The molecule has 3 heterocycles. The number of methoxy groups -OCH3 is 1. The molecular formula is C26H23FN6O5S. The molecule has 39 heavy (non-hydrogen) atoms.